The molecule has 0 saturated heterocycles. The number of primary amides is 1. The lowest BCUT2D eigenvalue weighted by atomic mass is 9.80. The fourth-order valence-corrected chi connectivity index (χ4v) is 3.77. The third-order valence-electron chi connectivity index (χ3n) is 5.02. The number of nitrogens with two attached hydrogens (primary N) is 1. The number of hydrogen-bond acceptors (Lipinski definition) is 3. The number of carbonyl (C=O) groups is 2. The third kappa shape index (κ3) is 7.34. The smallest absolute Gasteiger partial charge is 0.318 e. The molecule has 2 rings (SSSR count). The van der Waals surface area contributed by atoms with Crippen LogP contribution in [0.3, 0.4) is 0 Å². The summed E-state index contributed by atoms with van der Waals surface area (Å²) in [6.07, 6.45) is 8.44. The Morgan fingerprint density at radius 2 is 1.88 bits per heavy atom. The summed E-state index contributed by atoms with van der Waals surface area (Å²) < 4.78 is 0. The molecule has 1 radical (unpaired) electrons. The zero-order valence-electron chi connectivity index (χ0n) is 15.0. The van der Waals surface area contributed by atoms with Crippen LogP contribution in [0.15, 0.2) is 24.3 Å². The zero-order valence-corrected chi connectivity index (χ0v) is 15.8. The van der Waals surface area contributed by atoms with Gasteiger partial charge in [-0.05, 0) is 49.3 Å². The second-order valence-electron chi connectivity index (χ2n) is 7.16. The fraction of sp³-hybridized carbons (Fsp3) is 0.550. The minimum Gasteiger partial charge on any atom is -0.393 e. The van der Waals surface area contributed by atoms with E-state index in [9.17, 15) is 14.7 Å². The van der Waals surface area contributed by atoms with Crippen LogP contribution in [0.5, 0.6) is 0 Å². The highest BCUT2D eigenvalue weighted by atomic mass is 35.5. The Morgan fingerprint density at radius 3 is 2.50 bits per heavy atom. The highest BCUT2D eigenvalue weighted by Gasteiger charge is 2.27. The van der Waals surface area contributed by atoms with Crippen LogP contribution in [0.1, 0.15) is 50.5 Å². The Balaban J connectivity index is 1.89. The molecule has 5 nitrogen and oxygen atoms in total. The van der Waals surface area contributed by atoms with E-state index < -0.39 is 18.1 Å². The summed E-state index contributed by atoms with van der Waals surface area (Å²) >= 11 is 5.87. The molecule has 1 saturated carbocycles. The van der Waals surface area contributed by atoms with Gasteiger partial charge in [-0.3, -0.25) is 10.1 Å². The SMILES string of the molecule is NC(=O)NC(=O)[C@H](CC1CCCCC1)C[C@@H](O)[CH]Cc1ccc(Cl)cc1. The van der Waals surface area contributed by atoms with Gasteiger partial charge in [0.1, 0.15) is 0 Å². The predicted octanol–water partition coefficient (Wildman–Crippen LogP) is 3.62. The first-order valence-electron chi connectivity index (χ1n) is 9.30. The topological polar surface area (TPSA) is 92.4 Å². The van der Waals surface area contributed by atoms with Crippen molar-refractivity contribution in [3.63, 3.8) is 0 Å². The van der Waals surface area contributed by atoms with Gasteiger partial charge in [0.2, 0.25) is 5.91 Å². The molecule has 0 unspecified atom stereocenters. The Kier molecular flexibility index (Phi) is 8.39. The number of urea groups is 1. The predicted molar refractivity (Wildman–Crippen MR) is 102 cm³/mol. The molecule has 0 aromatic heterocycles. The average Bonchev–Trinajstić information content (AvgIpc) is 2.61. The first kappa shape index (κ1) is 20.7. The van der Waals surface area contributed by atoms with E-state index in [1.54, 1.807) is 6.42 Å². The number of halogens is 1. The Bertz CT molecular complexity index is 585. The molecule has 0 spiro atoms. The molecule has 0 heterocycles. The average molecular weight is 380 g/mol. The van der Waals surface area contributed by atoms with Gasteiger partial charge in [0.05, 0.1) is 6.10 Å². The van der Waals surface area contributed by atoms with Gasteiger partial charge in [-0.15, -0.1) is 0 Å². The third-order valence-corrected chi connectivity index (χ3v) is 5.28. The molecule has 4 N–H and O–H groups in total. The van der Waals surface area contributed by atoms with E-state index in [4.69, 9.17) is 17.3 Å². The summed E-state index contributed by atoms with van der Waals surface area (Å²) in [7, 11) is 0. The molecule has 3 amide bonds. The first-order chi connectivity index (χ1) is 12.4. The van der Waals surface area contributed by atoms with E-state index in [0.717, 1.165) is 18.4 Å². The van der Waals surface area contributed by atoms with Crippen LogP contribution in [-0.4, -0.2) is 23.1 Å². The van der Waals surface area contributed by atoms with Crippen molar-refractivity contribution in [1.29, 1.82) is 0 Å². The van der Waals surface area contributed by atoms with Crippen molar-refractivity contribution in [2.45, 2.75) is 57.5 Å². The summed E-state index contributed by atoms with van der Waals surface area (Å²) in [5, 5.41) is 13.2. The van der Waals surface area contributed by atoms with Gasteiger partial charge in [0, 0.05) is 10.9 Å². The fourth-order valence-electron chi connectivity index (χ4n) is 3.64. The van der Waals surface area contributed by atoms with Crippen molar-refractivity contribution in [2.75, 3.05) is 0 Å². The monoisotopic (exact) mass is 379 g/mol. The van der Waals surface area contributed by atoms with Crippen molar-refractivity contribution in [3.05, 3.63) is 41.3 Å². The summed E-state index contributed by atoms with van der Waals surface area (Å²) in [5.74, 6) is -0.333. The largest absolute Gasteiger partial charge is 0.393 e. The van der Waals surface area contributed by atoms with Gasteiger partial charge in [0.15, 0.2) is 0 Å². The van der Waals surface area contributed by atoms with E-state index in [-0.39, 0.29) is 5.91 Å². The van der Waals surface area contributed by atoms with Crippen LogP contribution in [0, 0.1) is 18.3 Å². The van der Waals surface area contributed by atoms with Crippen molar-refractivity contribution in [3.8, 4) is 0 Å². The summed E-state index contributed by atoms with van der Waals surface area (Å²) in [6, 6.07) is 6.59. The zero-order chi connectivity index (χ0) is 18.9. The number of carbonyl (C=O) groups excluding carboxylic acids is 2. The molecular formula is C20H28ClN2O3. The molecule has 2 atom stereocenters. The minimum atomic E-state index is -0.844. The normalized spacial score (nSPS) is 17.5. The first-order valence-corrected chi connectivity index (χ1v) is 9.68. The number of benzene rings is 1. The van der Waals surface area contributed by atoms with Crippen molar-refractivity contribution in [1.82, 2.24) is 5.32 Å². The van der Waals surface area contributed by atoms with Crippen LogP contribution in [0.4, 0.5) is 4.79 Å². The number of nitrogens with one attached hydrogen (secondary N) is 1. The van der Waals surface area contributed by atoms with E-state index in [2.05, 4.69) is 5.32 Å². The molecule has 1 aromatic carbocycles. The molecule has 1 aromatic rings. The van der Waals surface area contributed by atoms with Crippen LogP contribution in [0.25, 0.3) is 0 Å². The molecule has 0 aliphatic heterocycles. The van der Waals surface area contributed by atoms with Crippen molar-refractivity contribution < 1.29 is 14.7 Å². The van der Waals surface area contributed by atoms with Crippen LogP contribution < -0.4 is 11.1 Å². The minimum absolute atomic E-state index is 0.295. The number of amides is 3. The number of hydrogen-bond donors (Lipinski definition) is 3. The maximum Gasteiger partial charge on any atom is 0.318 e. The highest BCUT2D eigenvalue weighted by Crippen LogP contribution is 2.31. The van der Waals surface area contributed by atoms with Gasteiger partial charge in [0.25, 0.3) is 0 Å². The van der Waals surface area contributed by atoms with E-state index in [1.807, 2.05) is 24.3 Å². The van der Waals surface area contributed by atoms with Crippen molar-refractivity contribution in [2.24, 2.45) is 17.6 Å². The molecule has 6 heteroatoms. The lowest BCUT2D eigenvalue weighted by Crippen LogP contribution is -2.41. The summed E-state index contributed by atoms with van der Waals surface area (Å²) in [5.41, 5.74) is 6.13. The quantitative estimate of drug-likeness (QED) is 0.644. The Hall–Kier alpha value is -1.59. The molecule has 26 heavy (non-hydrogen) atoms. The number of imide groups is 1. The van der Waals surface area contributed by atoms with Gasteiger partial charge < -0.3 is 10.8 Å². The second-order valence-corrected chi connectivity index (χ2v) is 7.60. The molecular weight excluding hydrogens is 352 g/mol. The number of aliphatic hydroxyl groups excluding tert-OH is 1. The van der Waals surface area contributed by atoms with Crippen LogP contribution in [0.2, 0.25) is 5.02 Å². The second kappa shape index (κ2) is 10.5. The van der Waals surface area contributed by atoms with Crippen LogP contribution in [-0.2, 0) is 11.2 Å². The summed E-state index contributed by atoms with van der Waals surface area (Å²) in [6.45, 7) is 0. The summed E-state index contributed by atoms with van der Waals surface area (Å²) in [4.78, 5) is 23.4. The van der Waals surface area contributed by atoms with Gasteiger partial charge >= 0.3 is 6.03 Å². The molecule has 1 aliphatic rings. The van der Waals surface area contributed by atoms with Gasteiger partial charge in [-0.1, -0.05) is 55.8 Å². The lowest BCUT2D eigenvalue weighted by Gasteiger charge is -2.27. The molecule has 0 bridgehead atoms. The van der Waals surface area contributed by atoms with Gasteiger partial charge in [-0.2, -0.15) is 0 Å². The van der Waals surface area contributed by atoms with E-state index in [0.29, 0.717) is 30.2 Å². The van der Waals surface area contributed by atoms with Crippen LogP contribution >= 0.6 is 11.6 Å². The Morgan fingerprint density at radius 1 is 1.23 bits per heavy atom. The maximum absolute atomic E-state index is 12.3. The number of aliphatic hydroxyl groups is 1. The molecule has 1 aliphatic carbocycles. The number of rotatable bonds is 8. The van der Waals surface area contributed by atoms with E-state index >= 15 is 0 Å². The lowest BCUT2D eigenvalue weighted by molar-refractivity contribution is -0.125. The van der Waals surface area contributed by atoms with E-state index in [1.165, 1.54) is 19.3 Å². The molecule has 1 fully saturated rings. The standard InChI is InChI=1S/C20H28ClN2O3/c21-17-9-6-14(7-10-17)8-11-18(24)13-16(19(25)23-20(22)26)12-15-4-2-1-3-5-15/h6-7,9-11,15-16,18,24H,1-5,8,12-13H2,(H3,22,23,25,26)/t16-,18+/m1/s1. The molecule has 143 valence electrons. The van der Waals surface area contributed by atoms with Gasteiger partial charge in [-0.25, -0.2) is 4.79 Å². The highest BCUT2D eigenvalue weighted by molar-refractivity contribution is 6.30. The van der Waals surface area contributed by atoms with Crippen molar-refractivity contribution >= 4 is 23.5 Å². The Labute approximate surface area is 160 Å². The maximum atomic E-state index is 12.3.